The van der Waals surface area contributed by atoms with Crippen molar-refractivity contribution in [3.63, 3.8) is 0 Å². The quantitative estimate of drug-likeness (QED) is 0.278. The maximum absolute atomic E-state index is 12.1. The van der Waals surface area contributed by atoms with Crippen LogP contribution in [0, 0.1) is 0 Å². The standard InChI is InChI=1S/C31H37NO7/c1-2-35-30-29(37-21-25-14-8-4-9-15-25)28(27(39-30)23-34-20-24-12-6-3-7-13-24)36-19-18-32-31(33)38-22-26-16-10-5-11-17-26/h3-17,27-30H,2,18-23H2,1H3,(H,32,33)/t27-,28-,29-,30+/m1/s1. The van der Waals surface area contributed by atoms with Crippen molar-refractivity contribution in [1.82, 2.24) is 5.32 Å². The van der Waals surface area contributed by atoms with Gasteiger partial charge in [-0.1, -0.05) is 91.0 Å². The minimum atomic E-state index is -0.599. The molecule has 208 valence electrons. The van der Waals surface area contributed by atoms with Gasteiger partial charge in [-0.2, -0.15) is 0 Å². The maximum atomic E-state index is 12.1. The van der Waals surface area contributed by atoms with Crippen molar-refractivity contribution in [2.24, 2.45) is 0 Å². The Balaban J connectivity index is 1.32. The first kappa shape index (κ1) is 28.7. The van der Waals surface area contributed by atoms with Crippen LogP contribution >= 0.6 is 0 Å². The third-order valence-corrected chi connectivity index (χ3v) is 6.17. The van der Waals surface area contributed by atoms with Gasteiger partial charge in [-0.3, -0.25) is 0 Å². The fourth-order valence-corrected chi connectivity index (χ4v) is 4.26. The molecular weight excluding hydrogens is 498 g/mol. The Kier molecular flexibility index (Phi) is 11.8. The van der Waals surface area contributed by atoms with E-state index in [1.165, 1.54) is 0 Å². The number of alkyl carbamates (subject to hydrolysis) is 1. The molecule has 3 aromatic carbocycles. The van der Waals surface area contributed by atoms with E-state index < -0.39 is 30.7 Å². The Morgan fingerprint density at radius 1 is 0.744 bits per heavy atom. The zero-order valence-corrected chi connectivity index (χ0v) is 22.3. The molecular formula is C31H37NO7. The van der Waals surface area contributed by atoms with E-state index in [1.54, 1.807) is 0 Å². The lowest BCUT2D eigenvalue weighted by atomic mass is 10.1. The van der Waals surface area contributed by atoms with Crippen LogP contribution in [-0.2, 0) is 48.2 Å². The van der Waals surface area contributed by atoms with Crippen LogP contribution in [0.5, 0.6) is 0 Å². The Morgan fingerprint density at radius 3 is 1.95 bits per heavy atom. The van der Waals surface area contributed by atoms with Gasteiger partial charge in [0.1, 0.15) is 24.9 Å². The second kappa shape index (κ2) is 16.0. The van der Waals surface area contributed by atoms with Gasteiger partial charge in [0.25, 0.3) is 0 Å². The van der Waals surface area contributed by atoms with Gasteiger partial charge < -0.3 is 33.7 Å². The maximum Gasteiger partial charge on any atom is 0.407 e. The molecule has 3 aromatic rings. The van der Waals surface area contributed by atoms with Gasteiger partial charge in [0.2, 0.25) is 0 Å². The zero-order valence-electron chi connectivity index (χ0n) is 22.3. The number of amides is 1. The minimum Gasteiger partial charge on any atom is -0.445 e. The molecule has 39 heavy (non-hydrogen) atoms. The lowest BCUT2D eigenvalue weighted by Crippen LogP contribution is -2.41. The third kappa shape index (κ3) is 9.45. The molecule has 0 unspecified atom stereocenters. The molecule has 0 aromatic heterocycles. The van der Waals surface area contributed by atoms with Crippen molar-refractivity contribution < 1.29 is 33.2 Å². The Morgan fingerprint density at radius 2 is 1.33 bits per heavy atom. The smallest absolute Gasteiger partial charge is 0.407 e. The Labute approximate surface area is 230 Å². The minimum absolute atomic E-state index is 0.205. The fourth-order valence-electron chi connectivity index (χ4n) is 4.26. The summed E-state index contributed by atoms with van der Waals surface area (Å²) in [6.07, 6.45) is -2.44. The second-order valence-corrected chi connectivity index (χ2v) is 9.08. The predicted octanol–water partition coefficient (Wildman–Crippen LogP) is 4.86. The summed E-state index contributed by atoms with van der Waals surface area (Å²) < 4.78 is 35.9. The predicted molar refractivity (Wildman–Crippen MR) is 146 cm³/mol. The van der Waals surface area contributed by atoms with Gasteiger partial charge in [0, 0.05) is 13.2 Å². The molecule has 8 heteroatoms. The molecule has 1 amide bonds. The van der Waals surface area contributed by atoms with Crippen LogP contribution in [0.4, 0.5) is 4.79 Å². The molecule has 4 atom stereocenters. The lowest BCUT2D eigenvalue weighted by molar-refractivity contribution is -0.182. The van der Waals surface area contributed by atoms with Gasteiger partial charge in [-0.25, -0.2) is 4.79 Å². The first-order valence-corrected chi connectivity index (χ1v) is 13.3. The molecule has 0 bridgehead atoms. The molecule has 1 aliphatic rings. The summed E-state index contributed by atoms with van der Waals surface area (Å²) in [5, 5.41) is 2.74. The van der Waals surface area contributed by atoms with Crippen LogP contribution in [0.2, 0.25) is 0 Å². The summed E-state index contributed by atoms with van der Waals surface area (Å²) in [6.45, 7) is 4.25. The fraction of sp³-hybridized carbons (Fsp3) is 0.387. The van der Waals surface area contributed by atoms with Gasteiger partial charge in [-0.05, 0) is 23.6 Å². The van der Waals surface area contributed by atoms with E-state index in [9.17, 15) is 4.79 Å². The second-order valence-electron chi connectivity index (χ2n) is 9.08. The number of carbonyl (C=O) groups is 1. The number of carbonyl (C=O) groups excluding carboxylic acids is 1. The van der Waals surface area contributed by atoms with E-state index in [-0.39, 0.29) is 19.8 Å². The van der Waals surface area contributed by atoms with E-state index in [4.69, 9.17) is 28.4 Å². The summed E-state index contributed by atoms with van der Waals surface area (Å²) in [5.74, 6) is 0. The monoisotopic (exact) mass is 535 g/mol. The van der Waals surface area contributed by atoms with Crippen LogP contribution < -0.4 is 5.32 Å². The number of hydrogen-bond acceptors (Lipinski definition) is 7. The number of benzene rings is 3. The number of rotatable bonds is 15. The van der Waals surface area contributed by atoms with E-state index in [0.717, 1.165) is 16.7 Å². The summed E-state index contributed by atoms with van der Waals surface area (Å²) in [7, 11) is 0. The first-order valence-electron chi connectivity index (χ1n) is 13.3. The highest BCUT2D eigenvalue weighted by Gasteiger charge is 2.47. The summed E-state index contributed by atoms with van der Waals surface area (Å²) in [6, 6.07) is 29.4. The van der Waals surface area contributed by atoms with Crippen molar-refractivity contribution in [3.05, 3.63) is 108 Å². The zero-order chi connectivity index (χ0) is 27.1. The molecule has 1 aliphatic heterocycles. The SMILES string of the molecule is CCO[C@H]1O[C@H](COCc2ccccc2)[C@@H](OCCNC(=O)OCc2ccccc2)[C@H]1OCc1ccccc1. The summed E-state index contributed by atoms with van der Waals surface area (Å²) >= 11 is 0. The topological polar surface area (TPSA) is 84.5 Å². The van der Waals surface area contributed by atoms with Crippen molar-refractivity contribution >= 4 is 6.09 Å². The average molecular weight is 536 g/mol. The number of hydrogen-bond donors (Lipinski definition) is 1. The molecule has 1 heterocycles. The van der Waals surface area contributed by atoms with Crippen LogP contribution in [0.15, 0.2) is 91.0 Å². The highest BCUT2D eigenvalue weighted by molar-refractivity contribution is 5.67. The lowest BCUT2D eigenvalue weighted by Gasteiger charge is -2.25. The summed E-state index contributed by atoms with van der Waals surface area (Å²) in [5.41, 5.74) is 3.04. The number of ether oxygens (including phenoxy) is 6. The van der Waals surface area contributed by atoms with Gasteiger partial charge in [0.05, 0.1) is 26.4 Å². The van der Waals surface area contributed by atoms with E-state index in [1.807, 2.05) is 97.9 Å². The van der Waals surface area contributed by atoms with E-state index in [2.05, 4.69) is 5.32 Å². The van der Waals surface area contributed by atoms with Gasteiger partial charge in [-0.15, -0.1) is 0 Å². The molecule has 1 fully saturated rings. The molecule has 4 rings (SSSR count). The van der Waals surface area contributed by atoms with Crippen molar-refractivity contribution in [2.75, 3.05) is 26.4 Å². The molecule has 1 N–H and O–H groups in total. The molecule has 0 spiro atoms. The largest absolute Gasteiger partial charge is 0.445 e. The molecule has 0 radical (unpaired) electrons. The van der Waals surface area contributed by atoms with Crippen molar-refractivity contribution in [1.29, 1.82) is 0 Å². The van der Waals surface area contributed by atoms with Crippen molar-refractivity contribution in [3.8, 4) is 0 Å². The van der Waals surface area contributed by atoms with Crippen LogP contribution in [0.3, 0.4) is 0 Å². The van der Waals surface area contributed by atoms with E-state index >= 15 is 0 Å². The molecule has 1 saturated heterocycles. The van der Waals surface area contributed by atoms with Gasteiger partial charge in [0.15, 0.2) is 6.29 Å². The highest BCUT2D eigenvalue weighted by Crippen LogP contribution is 2.29. The Bertz CT molecular complexity index is 1080. The average Bonchev–Trinajstić information content (AvgIpc) is 3.30. The molecule has 8 nitrogen and oxygen atoms in total. The first-order chi connectivity index (χ1) is 19.2. The van der Waals surface area contributed by atoms with Crippen LogP contribution in [0.25, 0.3) is 0 Å². The Hall–Kier alpha value is -3.27. The summed E-state index contributed by atoms with van der Waals surface area (Å²) in [4.78, 5) is 12.1. The third-order valence-electron chi connectivity index (χ3n) is 6.17. The van der Waals surface area contributed by atoms with Gasteiger partial charge >= 0.3 is 6.09 Å². The number of nitrogens with one attached hydrogen (secondary N) is 1. The van der Waals surface area contributed by atoms with Crippen LogP contribution in [-0.4, -0.2) is 57.1 Å². The van der Waals surface area contributed by atoms with Crippen molar-refractivity contribution in [2.45, 2.75) is 51.3 Å². The normalized spacial score (nSPS) is 20.5. The van der Waals surface area contributed by atoms with Crippen LogP contribution in [0.1, 0.15) is 23.6 Å². The highest BCUT2D eigenvalue weighted by atomic mass is 16.7. The molecule has 0 aliphatic carbocycles. The van der Waals surface area contributed by atoms with E-state index in [0.29, 0.717) is 26.4 Å². The molecule has 0 saturated carbocycles.